The molecule has 4 heterocycles. The highest BCUT2D eigenvalue weighted by Gasteiger charge is 2.25. The SMILES string of the molecule is CC1CCCc2sc3ncn4nc(-c5cccnc5)nc4c3c21. The zero-order valence-electron chi connectivity index (χ0n) is 12.7. The highest BCUT2D eigenvalue weighted by Crippen LogP contribution is 2.42. The van der Waals surface area contributed by atoms with E-state index in [1.165, 1.54) is 28.7 Å². The van der Waals surface area contributed by atoms with Gasteiger partial charge in [0.25, 0.3) is 0 Å². The maximum absolute atomic E-state index is 4.80. The van der Waals surface area contributed by atoms with Crippen LogP contribution in [0.25, 0.3) is 27.3 Å². The van der Waals surface area contributed by atoms with E-state index in [2.05, 4.69) is 22.0 Å². The first kappa shape index (κ1) is 13.1. The van der Waals surface area contributed by atoms with Gasteiger partial charge < -0.3 is 0 Å². The van der Waals surface area contributed by atoms with Crippen LogP contribution in [-0.4, -0.2) is 24.6 Å². The third-order valence-corrected chi connectivity index (χ3v) is 5.77. The van der Waals surface area contributed by atoms with Crippen molar-refractivity contribution in [1.29, 1.82) is 0 Å². The number of fused-ring (bicyclic) bond motifs is 5. The molecular weight excluding hydrogens is 306 g/mol. The smallest absolute Gasteiger partial charge is 0.183 e. The molecule has 5 nitrogen and oxygen atoms in total. The molecule has 0 saturated carbocycles. The summed E-state index contributed by atoms with van der Waals surface area (Å²) in [6.07, 6.45) is 9.00. The highest BCUT2D eigenvalue weighted by molar-refractivity contribution is 7.19. The Balaban J connectivity index is 1.82. The van der Waals surface area contributed by atoms with Crippen LogP contribution >= 0.6 is 11.3 Å². The quantitative estimate of drug-likeness (QED) is 0.534. The molecule has 4 aromatic heterocycles. The number of pyridine rings is 1. The number of hydrogen-bond acceptors (Lipinski definition) is 5. The van der Waals surface area contributed by atoms with Crippen molar-refractivity contribution in [1.82, 2.24) is 24.6 Å². The minimum Gasteiger partial charge on any atom is -0.264 e. The first-order valence-electron chi connectivity index (χ1n) is 7.88. The van der Waals surface area contributed by atoms with Gasteiger partial charge in [0.1, 0.15) is 11.2 Å². The molecule has 1 unspecified atom stereocenters. The lowest BCUT2D eigenvalue weighted by Gasteiger charge is -2.18. The Labute approximate surface area is 137 Å². The van der Waals surface area contributed by atoms with Gasteiger partial charge in [0.15, 0.2) is 11.5 Å². The Kier molecular flexibility index (Phi) is 2.76. The minimum atomic E-state index is 0.569. The van der Waals surface area contributed by atoms with Gasteiger partial charge in [0.2, 0.25) is 0 Å². The van der Waals surface area contributed by atoms with Crippen LogP contribution in [0.2, 0.25) is 0 Å². The van der Waals surface area contributed by atoms with E-state index >= 15 is 0 Å². The zero-order valence-corrected chi connectivity index (χ0v) is 13.5. The van der Waals surface area contributed by atoms with Crippen LogP contribution < -0.4 is 0 Å². The van der Waals surface area contributed by atoms with Crippen LogP contribution in [0.1, 0.15) is 36.1 Å². The van der Waals surface area contributed by atoms with E-state index in [0.29, 0.717) is 11.7 Å². The van der Waals surface area contributed by atoms with Crippen LogP contribution in [0.4, 0.5) is 0 Å². The third kappa shape index (κ3) is 1.91. The lowest BCUT2D eigenvalue weighted by Crippen LogP contribution is -2.04. The lowest BCUT2D eigenvalue weighted by molar-refractivity contribution is 0.602. The van der Waals surface area contributed by atoms with Gasteiger partial charge in [-0.2, -0.15) is 0 Å². The van der Waals surface area contributed by atoms with Crippen LogP contribution in [0.15, 0.2) is 30.9 Å². The van der Waals surface area contributed by atoms with Crippen molar-refractivity contribution in [2.45, 2.75) is 32.1 Å². The predicted octanol–water partition coefficient (Wildman–Crippen LogP) is 3.84. The van der Waals surface area contributed by atoms with Crippen molar-refractivity contribution in [3.8, 4) is 11.4 Å². The molecule has 0 spiro atoms. The van der Waals surface area contributed by atoms with Gasteiger partial charge in [-0.25, -0.2) is 14.5 Å². The number of thiophene rings is 1. The van der Waals surface area contributed by atoms with Crippen molar-refractivity contribution in [3.05, 3.63) is 41.3 Å². The molecule has 1 atom stereocenters. The van der Waals surface area contributed by atoms with E-state index in [1.54, 1.807) is 23.2 Å². The third-order valence-electron chi connectivity index (χ3n) is 4.60. The molecule has 0 aromatic carbocycles. The maximum atomic E-state index is 4.80. The Morgan fingerprint density at radius 2 is 2.30 bits per heavy atom. The summed E-state index contributed by atoms with van der Waals surface area (Å²) in [5, 5.41) is 5.79. The average Bonchev–Trinajstić information content (AvgIpc) is 3.17. The van der Waals surface area contributed by atoms with E-state index < -0.39 is 0 Å². The second kappa shape index (κ2) is 4.83. The van der Waals surface area contributed by atoms with Gasteiger partial charge >= 0.3 is 0 Å². The molecular formula is C17H15N5S. The topological polar surface area (TPSA) is 56.0 Å². The number of hydrogen-bond donors (Lipinski definition) is 0. The Morgan fingerprint density at radius 3 is 3.17 bits per heavy atom. The molecule has 1 aliphatic carbocycles. The van der Waals surface area contributed by atoms with Gasteiger partial charge in [-0.05, 0) is 42.9 Å². The first-order chi connectivity index (χ1) is 11.3. The molecule has 114 valence electrons. The van der Waals surface area contributed by atoms with E-state index in [9.17, 15) is 0 Å². The second-order valence-electron chi connectivity index (χ2n) is 6.10. The van der Waals surface area contributed by atoms with Crippen LogP contribution in [-0.2, 0) is 6.42 Å². The molecule has 23 heavy (non-hydrogen) atoms. The summed E-state index contributed by atoms with van der Waals surface area (Å²) in [5.74, 6) is 1.27. The Hall–Kier alpha value is -2.34. The fourth-order valence-electron chi connectivity index (χ4n) is 3.50. The summed E-state index contributed by atoms with van der Waals surface area (Å²) in [7, 11) is 0. The predicted molar refractivity (Wildman–Crippen MR) is 90.7 cm³/mol. The van der Waals surface area contributed by atoms with Crippen molar-refractivity contribution >= 4 is 27.2 Å². The maximum Gasteiger partial charge on any atom is 0.183 e. The summed E-state index contributed by atoms with van der Waals surface area (Å²) in [4.78, 5) is 16.1. The van der Waals surface area contributed by atoms with Crippen molar-refractivity contribution in [3.63, 3.8) is 0 Å². The molecule has 0 aliphatic heterocycles. The van der Waals surface area contributed by atoms with Gasteiger partial charge in [-0.3, -0.25) is 4.98 Å². The molecule has 0 fully saturated rings. The van der Waals surface area contributed by atoms with E-state index in [4.69, 9.17) is 4.98 Å². The van der Waals surface area contributed by atoms with Crippen LogP contribution in [0, 0.1) is 0 Å². The molecule has 1 aliphatic rings. The Bertz CT molecular complexity index is 1020. The minimum absolute atomic E-state index is 0.569. The number of aryl methyl sites for hydroxylation is 1. The average molecular weight is 321 g/mol. The van der Waals surface area contributed by atoms with Crippen LogP contribution in [0.5, 0.6) is 0 Å². The summed E-state index contributed by atoms with van der Waals surface area (Å²) in [6.45, 7) is 2.31. The van der Waals surface area contributed by atoms with E-state index in [0.717, 1.165) is 22.5 Å². The largest absolute Gasteiger partial charge is 0.264 e. The summed E-state index contributed by atoms with van der Waals surface area (Å²) in [5.41, 5.74) is 3.29. The molecule has 0 amide bonds. The molecule has 6 heteroatoms. The van der Waals surface area contributed by atoms with Crippen molar-refractivity contribution in [2.75, 3.05) is 0 Å². The molecule has 0 radical (unpaired) electrons. The molecule has 4 aromatic rings. The van der Waals surface area contributed by atoms with E-state index in [-0.39, 0.29) is 0 Å². The van der Waals surface area contributed by atoms with Crippen molar-refractivity contribution in [2.24, 2.45) is 0 Å². The number of nitrogens with zero attached hydrogens (tertiary/aromatic N) is 5. The monoisotopic (exact) mass is 321 g/mol. The summed E-state index contributed by atoms with van der Waals surface area (Å²) < 4.78 is 1.80. The lowest BCUT2D eigenvalue weighted by atomic mass is 9.87. The molecule has 5 rings (SSSR count). The summed E-state index contributed by atoms with van der Waals surface area (Å²) in [6, 6.07) is 3.89. The van der Waals surface area contributed by atoms with Crippen molar-refractivity contribution < 1.29 is 0 Å². The molecule has 0 bridgehead atoms. The standard InChI is InChI=1S/C17H15N5S/c1-10-4-2-6-12-13(10)14-16-20-15(11-5-3-7-18-8-11)21-22(16)9-19-17(14)23-12/h3,5,7-10H,2,4,6H2,1H3. The zero-order chi connectivity index (χ0) is 15.4. The van der Waals surface area contributed by atoms with Gasteiger partial charge in [0.05, 0.1) is 5.39 Å². The fourth-order valence-corrected chi connectivity index (χ4v) is 4.80. The molecule has 0 N–H and O–H groups in total. The first-order valence-corrected chi connectivity index (χ1v) is 8.70. The molecule has 0 saturated heterocycles. The van der Waals surface area contributed by atoms with Gasteiger partial charge in [-0.15, -0.1) is 16.4 Å². The summed E-state index contributed by atoms with van der Waals surface area (Å²) >= 11 is 1.82. The Morgan fingerprint density at radius 1 is 1.35 bits per heavy atom. The highest BCUT2D eigenvalue weighted by atomic mass is 32.1. The normalized spacial score (nSPS) is 17.7. The van der Waals surface area contributed by atoms with Crippen LogP contribution in [0.3, 0.4) is 0 Å². The number of aromatic nitrogens is 5. The van der Waals surface area contributed by atoms with Gasteiger partial charge in [0, 0.05) is 22.8 Å². The number of rotatable bonds is 1. The van der Waals surface area contributed by atoms with E-state index in [1.807, 2.05) is 23.5 Å². The van der Waals surface area contributed by atoms with Gasteiger partial charge in [-0.1, -0.05) is 6.92 Å². The fraction of sp³-hybridized carbons (Fsp3) is 0.294. The second-order valence-corrected chi connectivity index (χ2v) is 7.19.